The van der Waals surface area contributed by atoms with E-state index in [1.54, 1.807) is 18.1 Å². The molecule has 1 amide bonds. The number of para-hydroxylation sites is 1. The minimum atomic E-state index is -0.505. The highest BCUT2D eigenvalue weighted by Gasteiger charge is 2.64. The second-order valence-electron chi connectivity index (χ2n) is 7.87. The summed E-state index contributed by atoms with van der Waals surface area (Å²) in [7, 11) is 1.87. The second-order valence-corrected chi connectivity index (χ2v) is 7.87. The van der Waals surface area contributed by atoms with Crippen molar-refractivity contribution in [1.82, 2.24) is 5.32 Å². The van der Waals surface area contributed by atoms with Gasteiger partial charge in [-0.05, 0) is 31.4 Å². The maximum atomic E-state index is 13.3. The number of likely N-dealkylation sites (N-methyl/N-ethyl adjacent to an activating group) is 1. The highest BCUT2D eigenvalue weighted by Crippen LogP contribution is 2.55. The van der Waals surface area contributed by atoms with Crippen LogP contribution in [0.5, 0.6) is 0 Å². The number of ether oxygens (including phenoxy) is 1. The van der Waals surface area contributed by atoms with Gasteiger partial charge < -0.3 is 15.0 Å². The molecule has 1 aromatic carbocycles. The molecule has 2 saturated heterocycles. The Morgan fingerprint density at radius 3 is 2.96 bits per heavy atom. The number of anilines is 1. The van der Waals surface area contributed by atoms with Crippen LogP contribution in [0.15, 0.2) is 36.1 Å². The largest absolute Gasteiger partial charge is 0.500 e. The summed E-state index contributed by atoms with van der Waals surface area (Å²) in [6.45, 7) is 2.25. The molecule has 0 aromatic heterocycles. The van der Waals surface area contributed by atoms with Crippen LogP contribution < -0.4 is 10.2 Å². The smallest absolute Gasteiger partial charge is 0.239 e. The fourth-order valence-electron chi connectivity index (χ4n) is 5.73. The lowest BCUT2D eigenvalue weighted by atomic mass is 9.73. The number of Topliss-reactive ketones (excluding diaryl/α,β-unsaturated/α-hetero) is 1. The van der Waals surface area contributed by atoms with E-state index >= 15 is 0 Å². The van der Waals surface area contributed by atoms with Crippen molar-refractivity contribution in [2.45, 2.75) is 37.3 Å². The summed E-state index contributed by atoms with van der Waals surface area (Å²) >= 11 is 0. The van der Waals surface area contributed by atoms with Gasteiger partial charge in [-0.3, -0.25) is 9.59 Å². The number of nitrogens with zero attached hydrogens (tertiary/aromatic N) is 1. The zero-order valence-electron chi connectivity index (χ0n) is 14.5. The molecule has 5 rings (SSSR count). The lowest BCUT2D eigenvalue weighted by Gasteiger charge is -2.41. The van der Waals surface area contributed by atoms with Crippen molar-refractivity contribution in [1.29, 1.82) is 0 Å². The summed E-state index contributed by atoms with van der Waals surface area (Å²) < 4.78 is 5.60. The third kappa shape index (κ3) is 1.77. The molecule has 0 aliphatic carbocycles. The van der Waals surface area contributed by atoms with E-state index in [-0.39, 0.29) is 29.7 Å². The Hall–Kier alpha value is -2.14. The van der Waals surface area contributed by atoms with Gasteiger partial charge in [0.25, 0.3) is 0 Å². The van der Waals surface area contributed by atoms with E-state index in [4.69, 9.17) is 4.74 Å². The predicted molar refractivity (Wildman–Crippen MR) is 93.2 cm³/mol. The number of piperidine rings is 1. The molecule has 5 heteroatoms. The zero-order valence-corrected chi connectivity index (χ0v) is 14.5. The first-order chi connectivity index (χ1) is 12.0. The van der Waals surface area contributed by atoms with Crippen LogP contribution in [0.2, 0.25) is 0 Å². The molecule has 5 nitrogen and oxygen atoms in total. The average molecular weight is 338 g/mol. The van der Waals surface area contributed by atoms with Crippen LogP contribution in [-0.2, 0) is 19.7 Å². The summed E-state index contributed by atoms with van der Waals surface area (Å²) in [5.41, 5.74) is 2.42. The van der Waals surface area contributed by atoms with Crippen molar-refractivity contribution in [2.75, 3.05) is 18.6 Å². The number of benzene rings is 1. The van der Waals surface area contributed by atoms with Crippen molar-refractivity contribution in [3.63, 3.8) is 0 Å². The van der Waals surface area contributed by atoms with Gasteiger partial charge in [0.1, 0.15) is 0 Å². The van der Waals surface area contributed by atoms with Crippen molar-refractivity contribution < 1.29 is 14.3 Å². The summed E-state index contributed by atoms with van der Waals surface area (Å²) in [5, 5.41) is 3.70. The number of carbonyl (C=O) groups is 2. The quantitative estimate of drug-likeness (QED) is 0.848. The Bertz CT molecular complexity index is 817. The number of hydrogen-bond donors (Lipinski definition) is 1. The molecule has 1 N–H and O–H groups in total. The highest BCUT2D eigenvalue weighted by molar-refractivity contribution is 6.08. The lowest BCUT2D eigenvalue weighted by molar-refractivity contribution is -0.123. The monoisotopic (exact) mass is 338 g/mol. The maximum Gasteiger partial charge on any atom is 0.239 e. The first-order valence-corrected chi connectivity index (χ1v) is 9.00. The highest BCUT2D eigenvalue weighted by atomic mass is 16.5. The molecule has 1 aromatic rings. The van der Waals surface area contributed by atoms with E-state index in [1.807, 2.05) is 25.2 Å². The van der Waals surface area contributed by atoms with Crippen LogP contribution >= 0.6 is 0 Å². The summed E-state index contributed by atoms with van der Waals surface area (Å²) in [6, 6.07) is 8.38. The van der Waals surface area contributed by atoms with Crippen LogP contribution in [0.4, 0.5) is 5.69 Å². The lowest BCUT2D eigenvalue weighted by Crippen LogP contribution is -2.53. The Balaban J connectivity index is 1.61. The summed E-state index contributed by atoms with van der Waals surface area (Å²) in [6.07, 6.45) is 3.26. The van der Waals surface area contributed by atoms with Crippen molar-refractivity contribution >= 4 is 17.4 Å². The van der Waals surface area contributed by atoms with Crippen molar-refractivity contribution in [3.05, 3.63) is 41.7 Å². The number of carbonyl (C=O) groups excluding carboxylic acids is 2. The fourth-order valence-corrected chi connectivity index (χ4v) is 5.73. The predicted octanol–water partition coefficient (Wildman–Crippen LogP) is 1.77. The molecular weight excluding hydrogens is 316 g/mol. The second kappa shape index (κ2) is 4.94. The van der Waals surface area contributed by atoms with Gasteiger partial charge in [-0.1, -0.05) is 18.2 Å². The molecule has 5 atom stereocenters. The van der Waals surface area contributed by atoms with Crippen molar-refractivity contribution in [2.24, 2.45) is 11.8 Å². The van der Waals surface area contributed by atoms with Gasteiger partial charge in [-0.25, -0.2) is 0 Å². The molecule has 1 spiro atoms. The molecule has 4 aliphatic heterocycles. The number of fused-ring (bicyclic) bond motifs is 7. The van der Waals surface area contributed by atoms with Gasteiger partial charge in [0, 0.05) is 42.2 Å². The number of rotatable bonds is 1. The average Bonchev–Trinajstić information content (AvgIpc) is 3.04. The maximum absolute atomic E-state index is 13.3. The molecule has 0 unspecified atom stereocenters. The van der Waals surface area contributed by atoms with Crippen LogP contribution in [-0.4, -0.2) is 37.4 Å². The van der Waals surface area contributed by atoms with Gasteiger partial charge in [-0.15, -0.1) is 0 Å². The van der Waals surface area contributed by atoms with E-state index in [0.717, 1.165) is 29.7 Å². The number of amides is 1. The van der Waals surface area contributed by atoms with Crippen LogP contribution in [0.1, 0.15) is 25.3 Å². The van der Waals surface area contributed by atoms with E-state index in [2.05, 4.69) is 11.4 Å². The van der Waals surface area contributed by atoms with Crippen LogP contribution in [0.25, 0.3) is 0 Å². The first kappa shape index (κ1) is 15.1. The van der Waals surface area contributed by atoms with E-state index < -0.39 is 5.41 Å². The minimum Gasteiger partial charge on any atom is -0.500 e. The molecule has 0 saturated carbocycles. The number of ketones is 1. The van der Waals surface area contributed by atoms with Gasteiger partial charge in [0.05, 0.1) is 18.3 Å². The van der Waals surface area contributed by atoms with Crippen LogP contribution in [0, 0.1) is 11.8 Å². The molecule has 4 aliphatic rings. The zero-order chi connectivity index (χ0) is 17.3. The molecule has 0 radical (unpaired) electrons. The molecule has 130 valence electrons. The van der Waals surface area contributed by atoms with Crippen LogP contribution in [0.3, 0.4) is 0 Å². The van der Waals surface area contributed by atoms with E-state index in [9.17, 15) is 9.59 Å². The Labute approximate surface area is 147 Å². The summed E-state index contributed by atoms with van der Waals surface area (Å²) in [5.74, 6) is 0.700. The minimum absolute atomic E-state index is 0.0752. The summed E-state index contributed by atoms with van der Waals surface area (Å²) in [4.78, 5) is 27.2. The third-order valence-electron chi connectivity index (χ3n) is 6.75. The van der Waals surface area contributed by atoms with Gasteiger partial charge in [0.15, 0.2) is 5.78 Å². The Morgan fingerprint density at radius 1 is 1.36 bits per heavy atom. The Kier molecular flexibility index (Phi) is 2.99. The standard InChI is InChI=1S/C20H22N2O3/c1-11(23)13-10-25-9-12-7-17-20(8-15(21-17)18(12)13)14-5-3-4-6-16(14)22(2)19(20)24/h3-6,10,12,15,17-18,21H,7-9H2,1-2H3/t12-,15+,17-,18-,20-/m1/s1. The molecule has 2 fully saturated rings. The number of nitrogens with one attached hydrogen (secondary N) is 1. The number of hydrogen-bond acceptors (Lipinski definition) is 4. The molecular formula is C20H22N2O3. The van der Waals surface area contributed by atoms with E-state index in [1.165, 1.54) is 0 Å². The normalized spacial score (nSPS) is 38.2. The molecule has 25 heavy (non-hydrogen) atoms. The van der Waals surface area contributed by atoms with Crippen molar-refractivity contribution in [3.8, 4) is 0 Å². The van der Waals surface area contributed by atoms with E-state index in [0.29, 0.717) is 12.5 Å². The Morgan fingerprint density at radius 2 is 2.16 bits per heavy atom. The third-order valence-corrected chi connectivity index (χ3v) is 6.75. The topological polar surface area (TPSA) is 58.6 Å². The molecule has 2 bridgehead atoms. The van der Waals surface area contributed by atoms with Gasteiger partial charge in [-0.2, -0.15) is 0 Å². The SMILES string of the molecule is CC(=O)C1=COC[C@H]2C[C@H]3N[C@@H](C[C@]34C(=O)N(C)c3ccccc34)[C@@H]12. The molecule has 4 heterocycles. The first-order valence-electron chi connectivity index (χ1n) is 9.00. The van der Waals surface area contributed by atoms with Gasteiger partial charge in [0.2, 0.25) is 5.91 Å². The fraction of sp³-hybridized carbons (Fsp3) is 0.500. The van der Waals surface area contributed by atoms with Gasteiger partial charge >= 0.3 is 0 Å².